The highest BCUT2D eigenvalue weighted by Gasteiger charge is 2.31. The first-order valence-corrected chi connectivity index (χ1v) is 12.1. The highest BCUT2D eigenvalue weighted by atomic mass is 19.4. The SMILES string of the molecule is COCCN(CC(=O)N(CCc1ccc(OC)c(OC)c1)Cc1ccco1)C(=O)c1ccc(C(F)(F)F)cc1. The van der Waals surface area contributed by atoms with E-state index in [4.69, 9.17) is 18.6 Å². The molecule has 0 aliphatic carbocycles. The van der Waals surface area contributed by atoms with E-state index in [-0.39, 0.29) is 37.7 Å². The van der Waals surface area contributed by atoms with Crippen LogP contribution in [0, 0.1) is 0 Å². The van der Waals surface area contributed by atoms with Gasteiger partial charge in [0.15, 0.2) is 11.5 Å². The molecule has 0 radical (unpaired) electrons. The molecule has 0 saturated heterocycles. The molecule has 3 aromatic rings. The molecule has 0 aliphatic heterocycles. The molecule has 8 nitrogen and oxygen atoms in total. The summed E-state index contributed by atoms with van der Waals surface area (Å²) in [5.74, 6) is 0.774. The van der Waals surface area contributed by atoms with Crippen LogP contribution in [-0.4, -0.2) is 69.2 Å². The second-order valence-corrected chi connectivity index (χ2v) is 8.63. The van der Waals surface area contributed by atoms with E-state index in [9.17, 15) is 22.8 Å². The molecule has 2 amide bonds. The van der Waals surface area contributed by atoms with Crippen molar-refractivity contribution in [1.29, 1.82) is 0 Å². The molecule has 0 bridgehead atoms. The van der Waals surface area contributed by atoms with Gasteiger partial charge < -0.3 is 28.4 Å². The van der Waals surface area contributed by atoms with Crippen molar-refractivity contribution >= 4 is 11.8 Å². The molecule has 0 N–H and O–H groups in total. The number of benzene rings is 2. The van der Waals surface area contributed by atoms with Gasteiger partial charge in [0, 0.05) is 25.8 Å². The molecule has 39 heavy (non-hydrogen) atoms. The van der Waals surface area contributed by atoms with Crippen molar-refractivity contribution in [1.82, 2.24) is 9.80 Å². The highest BCUT2D eigenvalue weighted by molar-refractivity contribution is 5.96. The zero-order valence-corrected chi connectivity index (χ0v) is 22.0. The van der Waals surface area contributed by atoms with Crippen LogP contribution in [0.15, 0.2) is 65.3 Å². The van der Waals surface area contributed by atoms with E-state index in [1.807, 2.05) is 12.1 Å². The van der Waals surface area contributed by atoms with Crippen molar-refractivity contribution in [3.8, 4) is 11.5 Å². The number of ether oxygens (including phenoxy) is 3. The van der Waals surface area contributed by atoms with Gasteiger partial charge in [-0.3, -0.25) is 9.59 Å². The number of hydrogen-bond acceptors (Lipinski definition) is 6. The minimum absolute atomic E-state index is 0.0369. The van der Waals surface area contributed by atoms with E-state index in [0.29, 0.717) is 30.2 Å². The lowest BCUT2D eigenvalue weighted by Gasteiger charge is -2.27. The topological polar surface area (TPSA) is 81.5 Å². The third-order valence-corrected chi connectivity index (χ3v) is 6.04. The van der Waals surface area contributed by atoms with E-state index in [1.165, 1.54) is 25.4 Å². The fourth-order valence-corrected chi connectivity index (χ4v) is 3.88. The number of nitrogens with zero attached hydrogens (tertiary/aromatic N) is 2. The van der Waals surface area contributed by atoms with Crippen LogP contribution in [0.5, 0.6) is 11.5 Å². The fourth-order valence-electron chi connectivity index (χ4n) is 3.88. The monoisotopic (exact) mass is 548 g/mol. The molecule has 0 saturated carbocycles. The molecule has 0 spiro atoms. The van der Waals surface area contributed by atoms with Crippen molar-refractivity contribution in [2.24, 2.45) is 0 Å². The van der Waals surface area contributed by atoms with Gasteiger partial charge in [0.2, 0.25) is 5.91 Å². The van der Waals surface area contributed by atoms with Gasteiger partial charge in [-0.1, -0.05) is 6.07 Å². The van der Waals surface area contributed by atoms with Crippen LogP contribution in [0.4, 0.5) is 13.2 Å². The van der Waals surface area contributed by atoms with Crippen molar-refractivity contribution in [3.05, 3.63) is 83.3 Å². The number of furan rings is 1. The first-order chi connectivity index (χ1) is 18.7. The van der Waals surface area contributed by atoms with E-state index < -0.39 is 17.6 Å². The summed E-state index contributed by atoms with van der Waals surface area (Å²) in [6.07, 6.45) is -2.53. The summed E-state index contributed by atoms with van der Waals surface area (Å²) in [7, 11) is 4.54. The van der Waals surface area contributed by atoms with Gasteiger partial charge in [-0.05, 0) is 60.5 Å². The second-order valence-electron chi connectivity index (χ2n) is 8.63. The lowest BCUT2D eigenvalue weighted by Crippen LogP contribution is -2.44. The zero-order chi connectivity index (χ0) is 28.4. The van der Waals surface area contributed by atoms with Crippen LogP contribution in [0.3, 0.4) is 0 Å². The number of halogens is 3. The standard InChI is InChI=1S/C28H31F3N2O6/c1-36-16-14-33(27(35)21-7-9-22(10-8-21)28(29,30)31)19-26(34)32(18-23-5-4-15-39-23)13-12-20-6-11-24(37-2)25(17-20)38-3/h4-11,15,17H,12-14,16,18-19H2,1-3H3. The van der Waals surface area contributed by atoms with Crippen molar-refractivity contribution in [2.75, 3.05) is 47.6 Å². The molecule has 3 rings (SSSR count). The van der Waals surface area contributed by atoms with E-state index >= 15 is 0 Å². The molecule has 11 heteroatoms. The van der Waals surface area contributed by atoms with Gasteiger partial charge in [-0.25, -0.2) is 0 Å². The molecule has 0 unspecified atom stereocenters. The summed E-state index contributed by atoms with van der Waals surface area (Å²) in [6, 6.07) is 12.8. The Morgan fingerprint density at radius 1 is 0.897 bits per heavy atom. The normalized spacial score (nSPS) is 11.2. The number of carbonyl (C=O) groups excluding carboxylic acids is 2. The minimum atomic E-state index is -4.52. The summed E-state index contributed by atoms with van der Waals surface area (Å²) in [5.41, 5.74) is 0.0788. The largest absolute Gasteiger partial charge is 0.493 e. The Morgan fingerprint density at radius 2 is 1.62 bits per heavy atom. The van der Waals surface area contributed by atoms with Gasteiger partial charge in [-0.2, -0.15) is 13.2 Å². The van der Waals surface area contributed by atoms with Gasteiger partial charge in [0.1, 0.15) is 12.3 Å². The first-order valence-electron chi connectivity index (χ1n) is 12.1. The Morgan fingerprint density at radius 3 is 2.21 bits per heavy atom. The average molecular weight is 549 g/mol. The number of amides is 2. The maximum Gasteiger partial charge on any atom is 0.416 e. The fraction of sp³-hybridized carbons (Fsp3) is 0.357. The molecule has 1 aromatic heterocycles. The Bertz CT molecular complexity index is 1210. The quantitative estimate of drug-likeness (QED) is 0.309. The molecule has 210 valence electrons. The Hall–Kier alpha value is -3.99. The molecule has 1 heterocycles. The van der Waals surface area contributed by atoms with Crippen LogP contribution < -0.4 is 9.47 Å². The van der Waals surface area contributed by atoms with Gasteiger partial charge in [0.25, 0.3) is 5.91 Å². The molecular weight excluding hydrogens is 517 g/mol. The minimum Gasteiger partial charge on any atom is -0.493 e. The summed E-state index contributed by atoms with van der Waals surface area (Å²) in [5, 5.41) is 0. The number of hydrogen-bond donors (Lipinski definition) is 0. The molecule has 0 aliphatic rings. The van der Waals surface area contributed by atoms with Gasteiger partial charge in [-0.15, -0.1) is 0 Å². The van der Waals surface area contributed by atoms with Gasteiger partial charge >= 0.3 is 6.18 Å². The third-order valence-electron chi connectivity index (χ3n) is 6.04. The van der Waals surface area contributed by atoms with Crippen molar-refractivity contribution < 1.29 is 41.4 Å². The molecule has 0 fully saturated rings. The number of carbonyl (C=O) groups is 2. The second kappa shape index (κ2) is 13.7. The van der Waals surface area contributed by atoms with E-state index in [2.05, 4.69) is 0 Å². The Kier molecular flexibility index (Phi) is 10.4. The van der Waals surface area contributed by atoms with Gasteiger partial charge in [0.05, 0.1) is 39.2 Å². The van der Waals surface area contributed by atoms with Crippen LogP contribution in [0.1, 0.15) is 27.2 Å². The van der Waals surface area contributed by atoms with E-state index in [1.54, 1.807) is 30.2 Å². The zero-order valence-electron chi connectivity index (χ0n) is 22.0. The summed E-state index contributed by atoms with van der Waals surface area (Å²) >= 11 is 0. The summed E-state index contributed by atoms with van der Waals surface area (Å²) < 4.78 is 60.0. The summed E-state index contributed by atoms with van der Waals surface area (Å²) in [6.45, 7) is 0.402. The molecular formula is C28H31F3N2O6. The predicted molar refractivity (Wildman–Crippen MR) is 137 cm³/mol. The maximum absolute atomic E-state index is 13.5. The maximum atomic E-state index is 13.5. The van der Waals surface area contributed by atoms with Crippen LogP contribution in [-0.2, 0) is 28.7 Å². The van der Waals surface area contributed by atoms with Crippen LogP contribution in [0.25, 0.3) is 0 Å². The highest BCUT2D eigenvalue weighted by Crippen LogP contribution is 2.29. The summed E-state index contributed by atoms with van der Waals surface area (Å²) in [4.78, 5) is 29.5. The van der Waals surface area contributed by atoms with Crippen molar-refractivity contribution in [2.45, 2.75) is 19.1 Å². The van der Waals surface area contributed by atoms with Crippen LogP contribution >= 0.6 is 0 Å². The molecule has 0 atom stereocenters. The Balaban J connectivity index is 1.78. The smallest absolute Gasteiger partial charge is 0.416 e. The Labute approximate surface area is 224 Å². The average Bonchev–Trinajstić information content (AvgIpc) is 3.45. The van der Waals surface area contributed by atoms with Crippen molar-refractivity contribution in [3.63, 3.8) is 0 Å². The molecule has 2 aromatic carbocycles. The predicted octanol–water partition coefficient (Wildman–Crippen LogP) is 4.68. The number of rotatable bonds is 13. The lowest BCUT2D eigenvalue weighted by molar-refractivity contribution is -0.137. The first kappa shape index (κ1) is 29.6. The number of methoxy groups -OCH3 is 3. The van der Waals surface area contributed by atoms with E-state index in [0.717, 1.165) is 29.8 Å². The third kappa shape index (κ3) is 8.25. The number of alkyl halides is 3. The van der Waals surface area contributed by atoms with Crippen LogP contribution in [0.2, 0.25) is 0 Å². The lowest BCUT2D eigenvalue weighted by atomic mass is 10.1.